The van der Waals surface area contributed by atoms with Crippen molar-refractivity contribution in [2.75, 3.05) is 26.1 Å². The number of anilines is 1. The van der Waals surface area contributed by atoms with Crippen LogP contribution in [-0.2, 0) is 0 Å². The van der Waals surface area contributed by atoms with Crippen molar-refractivity contribution in [1.82, 2.24) is 5.01 Å². The molecule has 6 heteroatoms. The van der Waals surface area contributed by atoms with E-state index in [2.05, 4.69) is 10.3 Å². The largest absolute Gasteiger partial charge is 0.497 e. The van der Waals surface area contributed by atoms with E-state index in [0.29, 0.717) is 17.1 Å². The van der Waals surface area contributed by atoms with Gasteiger partial charge in [0.25, 0.3) is 0 Å². The average Bonchev–Trinajstić information content (AvgIpc) is 2.42. The maximum Gasteiger partial charge on any atom is 0.345 e. The minimum Gasteiger partial charge on any atom is -0.497 e. The summed E-state index contributed by atoms with van der Waals surface area (Å²) in [5.74, 6) is 0.679. The predicted molar refractivity (Wildman–Crippen MR) is 59.1 cm³/mol. The number of nitrogens with zero attached hydrogens (tertiary/aromatic N) is 4. The predicted octanol–water partition coefficient (Wildman–Crippen LogP) is 2.20. The highest BCUT2D eigenvalue weighted by atomic mass is 16.5. The van der Waals surface area contributed by atoms with Crippen LogP contribution in [-0.4, -0.2) is 32.2 Å². The lowest BCUT2D eigenvalue weighted by Gasteiger charge is -2.19. The van der Waals surface area contributed by atoms with E-state index in [-0.39, 0.29) is 6.03 Å². The summed E-state index contributed by atoms with van der Waals surface area (Å²) in [4.78, 5) is 13.2. The van der Waals surface area contributed by atoms with Gasteiger partial charge in [0.05, 0.1) is 12.8 Å². The molecule has 0 fully saturated rings. The summed E-state index contributed by atoms with van der Waals surface area (Å²) in [6, 6.07) is 5.06. The van der Waals surface area contributed by atoms with Gasteiger partial charge in [0.2, 0.25) is 0 Å². The molecule has 84 valence electrons. The monoisotopic (exact) mass is 220 g/mol. The molecule has 6 nitrogen and oxygen atoms in total. The molecule has 0 spiro atoms. The van der Waals surface area contributed by atoms with Crippen LogP contribution in [0.15, 0.2) is 28.5 Å². The molecule has 0 bridgehead atoms. The Hall–Kier alpha value is -2.11. The molecule has 1 aromatic rings. The molecule has 0 radical (unpaired) electrons. The smallest absolute Gasteiger partial charge is 0.345 e. The van der Waals surface area contributed by atoms with Crippen LogP contribution in [0, 0.1) is 0 Å². The van der Waals surface area contributed by atoms with Crippen molar-refractivity contribution in [2.24, 2.45) is 10.3 Å². The highest BCUT2D eigenvalue weighted by Crippen LogP contribution is 2.34. The number of fused-ring (bicyclic) bond motifs is 1. The zero-order chi connectivity index (χ0) is 11.7. The van der Waals surface area contributed by atoms with Gasteiger partial charge < -0.3 is 4.74 Å². The molecular formula is C10H12N4O2. The van der Waals surface area contributed by atoms with Crippen molar-refractivity contribution in [3.8, 4) is 5.75 Å². The third kappa shape index (κ3) is 1.58. The van der Waals surface area contributed by atoms with E-state index in [1.165, 1.54) is 9.91 Å². The second-order valence-corrected chi connectivity index (χ2v) is 3.41. The minimum absolute atomic E-state index is 0.240. The number of urea groups is 1. The zero-order valence-electron chi connectivity index (χ0n) is 9.34. The van der Waals surface area contributed by atoms with Crippen LogP contribution >= 0.6 is 0 Å². The maximum atomic E-state index is 11.8. The van der Waals surface area contributed by atoms with Crippen LogP contribution in [0.5, 0.6) is 5.75 Å². The molecule has 0 unspecified atom stereocenters. The highest BCUT2D eigenvalue weighted by molar-refractivity contribution is 5.95. The number of carbonyl (C=O) groups excluding carboxylic acids is 1. The van der Waals surface area contributed by atoms with Gasteiger partial charge >= 0.3 is 6.03 Å². The van der Waals surface area contributed by atoms with E-state index in [1.54, 1.807) is 39.4 Å². The molecule has 16 heavy (non-hydrogen) atoms. The molecule has 0 N–H and O–H groups in total. The van der Waals surface area contributed by atoms with Gasteiger partial charge in [0, 0.05) is 20.2 Å². The van der Waals surface area contributed by atoms with Crippen molar-refractivity contribution >= 4 is 17.4 Å². The van der Waals surface area contributed by atoms with Gasteiger partial charge in [0.15, 0.2) is 0 Å². The van der Waals surface area contributed by atoms with Crippen molar-refractivity contribution in [3.05, 3.63) is 18.2 Å². The van der Waals surface area contributed by atoms with Crippen molar-refractivity contribution < 1.29 is 9.53 Å². The van der Waals surface area contributed by atoms with Crippen molar-refractivity contribution in [2.45, 2.75) is 0 Å². The van der Waals surface area contributed by atoms with E-state index in [4.69, 9.17) is 4.74 Å². The molecule has 2 rings (SSSR count). The van der Waals surface area contributed by atoms with Crippen LogP contribution in [0.3, 0.4) is 0 Å². The summed E-state index contributed by atoms with van der Waals surface area (Å²) in [6.45, 7) is 0. The van der Waals surface area contributed by atoms with Crippen molar-refractivity contribution in [3.63, 3.8) is 0 Å². The highest BCUT2D eigenvalue weighted by Gasteiger charge is 2.22. The Kier molecular flexibility index (Phi) is 2.47. The molecule has 1 heterocycles. The van der Waals surface area contributed by atoms with Crippen LogP contribution in [0.25, 0.3) is 0 Å². The topological polar surface area (TPSA) is 57.5 Å². The minimum atomic E-state index is -0.240. The van der Waals surface area contributed by atoms with Gasteiger partial charge in [-0.25, -0.2) is 4.79 Å². The normalized spacial score (nSPS) is 14.8. The summed E-state index contributed by atoms with van der Waals surface area (Å²) >= 11 is 0. The second-order valence-electron chi connectivity index (χ2n) is 3.41. The summed E-state index contributed by atoms with van der Waals surface area (Å²) in [5, 5.41) is 8.94. The van der Waals surface area contributed by atoms with E-state index in [1.807, 2.05) is 0 Å². The summed E-state index contributed by atoms with van der Waals surface area (Å²) < 4.78 is 5.11. The molecule has 0 atom stereocenters. The Morgan fingerprint density at radius 3 is 2.75 bits per heavy atom. The van der Waals surface area contributed by atoms with E-state index in [0.717, 1.165) is 0 Å². The number of benzene rings is 1. The third-order valence-corrected chi connectivity index (χ3v) is 2.39. The first kappa shape index (κ1) is 10.4. The lowest BCUT2D eigenvalue weighted by molar-refractivity contribution is 0.216. The molecule has 1 aliphatic heterocycles. The van der Waals surface area contributed by atoms with Crippen LogP contribution in [0.1, 0.15) is 0 Å². The van der Waals surface area contributed by atoms with Gasteiger partial charge in [-0.05, 0) is 12.1 Å². The summed E-state index contributed by atoms with van der Waals surface area (Å²) in [5.41, 5.74) is 1.32. The third-order valence-electron chi connectivity index (χ3n) is 2.39. The van der Waals surface area contributed by atoms with Crippen molar-refractivity contribution in [1.29, 1.82) is 0 Å². The maximum absolute atomic E-state index is 11.8. The van der Waals surface area contributed by atoms with Crippen LogP contribution in [0.2, 0.25) is 0 Å². The quantitative estimate of drug-likeness (QED) is 0.728. The lowest BCUT2D eigenvalue weighted by Crippen LogP contribution is -2.34. The number of methoxy groups -OCH3 is 1. The average molecular weight is 220 g/mol. The number of amides is 2. The molecular weight excluding hydrogens is 208 g/mol. The zero-order valence-corrected chi connectivity index (χ0v) is 9.34. The Morgan fingerprint density at radius 2 is 2.06 bits per heavy atom. The van der Waals surface area contributed by atoms with Gasteiger partial charge in [-0.1, -0.05) is 5.22 Å². The van der Waals surface area contributed by atoms with E-state index >= 15 is 0 Å². The fourth-order valence-electron chi connectivity index (χ4n) is 1.46. The number of carbonyl (C=O) groups is 1. The molecule has 0 aromatic heterocycles. The SMILES string of the molecule is COc1ccc2c(c1)N(C)C(=O)N(C)N=N2. The first-order valence-corrected chi connectivity index (χ1v) is 4.74. The Bertz CT molecular complexity index is 458. The number of hydrogen-bond donors (Lipinski definition) is 0. The lowest BCUT2D eigenvalue weighted by atomic mass is 10.2. The van der Waals surface area contributed by atoms with E-state index < -0.39 is 0 Å². The molecule has 0 aliphatic carbocycles. The number of ether oxygens (including phenoxy) is 1. The Morgan fingerprint density at radius 1 is 1.31 bits per heavy atom. The van der Waals surface area contributed by atoms with Crippen LogP contribution in [0.4, 0.5) is 16.2 Å². The summed E-state index contributed by atoms with van der Waals surface area (Å²) in [6.07, 6.45) is 0. The van der Waals surface area contributed by atoms with E-state index in [9.17, 15) is 4.79 Å². The number of rotatable bonds is 1. The molecule has 2 amide bonds. The molecule has 1 aromatic carbocycles. The fourth-order valence-corrected chi connectivity index (χ4v) is 1.46. The molecule has 1 aliphatic rings. The molecule has 0 saturated heterocycles. The second kappa shape index (κ2) is 3.80. The first-order chi connectivity index (χ1) is 7.63. The first-order valence-electron chi connectivity index (χ1n) is 4.74. The fraction of sp³-hybridized carbons (Fsp3) is 0.300. The summed E-state index contributed by atoms with van der Waals surface area (Å²) in [7, 11) is 4.81. The van der Waals surface area contributed by atoms with Crippen LogP contribution < -0.4 is 9.64 Å². The standard InChI is InChI=1S/C10H12N4O2/c1-13-9-6-7(16-3)4-5-8(9)11-12-14(2)10(13)15/h4-6H,1-3H3. The Labute approximate surface area is 93.1 Å². The van der Waals surface area contributed by atoms with Gasteiger partial charge in [-0.3, -0.25) is 4.90 Å². The van der Waals surface area contributed by atoms with Gasteiger partial charge in [0.1, 0.15) is 11.4 Å². The molecule has 0 saturated carbocycles. The number of hydrogen-bond acceptors (Lipinski definition) is 4. The van der Waals surface area contributed by atoms with Gasteiger partial charge in [-0.2, -0.15) is 5.01 Å². The van der Waals surface area contributed by atoms with Gasteiger partial charge in [-0.15, -0.1) is 5.11 Å². The Balaban J connectivity index is 2.53.